The lowest BCUT2D eigenvalue weighted by Crippen LogP contribution is -2.25. The van der Waals surface area contributed by atoms with E-state index in [1.165, 1.54) is 9.88 Å². The summed E-state index contributed by atoms with van der Waals surface area (Å²) in [7, 11) is 1.73. The Labute approximate surface area is 102 Å². The van der Waals surface area contributed by atoms with Crippen LogP contribution in [0, 0.1) is 0 Å². The molecule has 4 heteroatoms. The van der Waals surface area contributed by atoms with Gasteiger partial charge in [0.05, 0.1) is 11.1 Å². The summed E-state index contributed by atoms with van der Waals surface area (Å²) >= 11 is 1.78. The van der Waals surface area contributed by atoms with Crippen molar-refractivity contribution in [3.63, 3.8) is 0 Å². The van der Waals surface area contributed by atoms with Crippen LogP contribution < -0.4 is 5.32 Å². The maximum Gasteiger partial charge on any atom is 0.0981 e. The smallest absolute Gasteiger partial charge is 0.0981 e. The summed E-state index contributed by atoms with van der Waals surface area (Å²) in [4.78, 5) is 5.74. The zero-order valence-electron chi connectivity index (χ0n) is 10.8. The van der Waals surface area contributed by atoms with Crippen molar-refractivity contribution >= 4 is 11.3 Å². The Kier molecular flexibility index (Phi) is 4.89. The largest absolute Gasteiger partial charge is 0.380 e. The van der Waals surface area contributed by atoms with Gasteiger partial charge in [-0.25, -0.2) is 4.98 Å². The molecule has 1 aromatic heterocycles. The van der Waals surface area contributed by atoms with E-state index >= 15 is 0 Å². The SMILES string of the molecule is COC(C)CNCc1cnc(C(C)(C)C)s1. The van der Waals surface area contributed by atoms with Gasteiger partial charge in [-0.2, -0.15) is 0 Å². The highest BCUT2D eigenvalue weighted by Gasteiger charge is 2.17. The average molecular weight is 242 g/mol. The third-order valence-corrected chi connectivity index (χ3v) is 3.75. The van der Waals surface area contributed by atoms with Gasteiger partial charge in [-0.1, -0.05) is 20.8 Å². The van der Waals surface area contributed by atoms with Crippen LogP contribution in [0.4, 0.5) is 0 Å². The van der Waals surface area contributed by atoms with Crippen LogP contribution in [0.25, 0.3) is 0 Å². The Morgan fingerprint density at radius 3 is 2.69 bits per heavy atom. The number of nitrogens with one attached hydrogen (secondary N) is 1. The molecule has 1 atom stereocenters. The predicted molar refractivity (Wildman–Crippen MR) is 69.0 cm³/mol. The standard InChI is InChI=1S/C12H22N2OS/c1-9(15-5)6-13-7-10-8-14-11(16-10)12(2,3)4/h8-9,13H,6-7H2,1-5H3. The molecule has 0 aliphatic rings. The van der Waals surface area contributed by atoms with Crippen LogP contribution in [0.3, 0.4) is 0 Å². The molecule has 0 fully saturated rings. The van der Waals surface area contributed by atoms with Crippen LogP contribution >= 0.6 is 11.3 Å². The Morgan fingerprint density at radius 2 is 2.19 bits per heavy atom. The highest BCUT2D eigenvalue weighted by molar-refractivity contribution is 7.11. The fourth-order valence-corrected chi connectivity index (χ4v) is 2.16. The molecular formula is C12H22N2OS. The molecule has 0 spiro atoms. The van der Waals surface area contributed by atoms with Crippen molar-refractivity contribution in [3.8, 4) is 0 Å². The summed E-state index contributed by atoms with van der Waals surface area (Å²) in [6, 6.07) is 0. The van der Waals surface area contributed by atoms with Gasteiger partial charge in [-0.05, 0) is 6.92 Å². The summed E-state index contributed by atoms with van der Waals surface area (Å²) in [5, 5.41) is 4.56. The number of thiazole rings is 1. The second kappa shape index (κ2) is 5.75. The number of rotatable bonds is 5. The zero-order chi connectivity index (χ0) is 12.2. The molecule has 0 radical (unpaired) electrons. The van der Waals surface area contributed by atoms with E-state index in [1.807, 2.05) is 6.20 Å². The summed E-state index contributed by atoms with van der Waals surface area (Å²) in [6.45, 7) is 10.4. The minimum Gasteiger partial charge on any atom is -0.380 e. The Morgan fingerprint density at radius 1 is 1.50 bits per heavy atom. The number of aromatic nitrogens is 1. The molecule has 0 aliphatic carbocycles. The van der Waals surface area contributed by atoms with E-state index in [0.29, 0.717) is 0 Å². The van der Waals surface area contributed by atoms with Gasteiger partial charge in [0.1, 0.15) is 0 Å². The third kappa shape index (κ3) is 4.20. The molecule has 3 nitrogen and oxygen atoms in total. The number of nitrogens with zero attached hydrogens (tertiary/aromatic N) is 1. The second-order valence-corrected chi connectivity index (χ2v) is 6.17. The summed E-state index contributed by atoms with van der Waals surface area (Å²) in [6.07, 6.45) is 2.23. The van der Waals surface area contributed by atoms with Crippen molar-refractivity contribution in [2.24, 2.45) is 0 Å². The van der Waals surface area contributed by atoms with Crippen LogP contribution in [0.5, 0.6) is 0 Å². The molecular weight excluding hydrogens is 220 g/mol. The first-order chi connectivity index (χ1) is 7.43. The molecule has 1 aromatic rings. The van der Waals surface area contributed by atoms with Gasteiger partial charge in [0.2, 0.25) is 0 Å². The summed E-state index contributed by atoms with van der Waals surface area (Å²) in [5.41, 5.74) is 0.155. The van der Waals surface area contributed by atoms with Gasteiger partial charge < -0.3 is 10.1 Å². The first-order valence-electron chi connectivity index (χ1n) is 5.62. The molecule has 0 saturated heterocycles. The Balaban J connectivity index is 2.41. The number of ether oxygens (including phenoxy) is 1. The van der Waals surface area contributed by atoms with Gasteiger partial charge >= 0.3 is 0 Å². The third-order valence-electron chi connectivity index (χ3n) is 2.33. The lowest BCUT2D eigenvalue weighted by Gasteiger charge is -2.13. The van der Waals surface area contributed by atoms with Gasteiger partial charge in [0, 0.05) is 36.7 Å². The maximum absolute atomic E-state index is 5.17. The summed E-state index contributed by atoms with van der Waals surface area (Å²) < 4.78 is 5.17. The van der Waals surface area contributed by atoms with Gasteiger partial charge in [-0.3, -0.25) is 0 Å². The highest BCUT2D eigenvalue weighted by Crippen LogP contribution is 2.26. The van der Waals surface area contributed by atoms with Crippen molar-refractivity contribution in [2.75, 3.05) is 13.7 Å². The molecule has 0 bridgehead atoms. The monoisotopic (exact) mass is 242 g/mol. The molecule has 0 saturated carbocycles. The quantitative estimate of drug-likeness (QED) is 0.861. The van der Waals surface area contributed by atoms with Gasteiger partial charge in [0.25, 0.3) is 0 Å². The topological polar surface area (TPSA) is 34.1 Å². The fraction of sp³-hybridized carbons (Fsp3) is 0.750. The van der Waals surface area contributed by atoms with Gasteiger partial charge in [0.15, 0.2) is 0 Å². The van der Waals surface area contributed by atoms with E-state index in [0.717, 1.165) is 13.1 Å². The van der Waals surface area contributed by atoms with Gasteiger partial charge in [-0.15, -0.1) is 11.3 Å². The molecule has 1 rings (SSSR count). The summed E-state index contributed by atoms with van der Waals surface area (Å²) in [5.74, 6) is 0. The predicted octanol–water partition coefficient (Wildman–Crippen LogP) is 2.57. The van der Waals surface area contributed by atoms with Crippen LogP contribution in [-0.2, 0) is 16.7 Å². The fourth-order valence-electron chi connectivity index (χ4n) is 1.22. The Bertz CT molecular complexity index is 317. The highest BCUT2D eigenvalue weighted by atomic mass is 32.1. The molecule has 0 aliphatic heterocycles. The minimum atomic E-state index is 0.155. The van der Waals surface area contributed by atoms with E-state index in [9.17, 15) is 0 Å². The van der Waals surface area contributed by atoms with E-state index in [-0.39, 0.29) is 11.5 Å². The number of methoxy groups -OCH3 is 1. The lowest BCUT2D eigenvalue weighted by molar-refractivity contribution is 0.117. The number of hydrogen-bond donors (Lipinski definition) is 1. The average Bonchev–Trinajstić information content (AvgIpc) is 2.65. The first-order valence-corrected chi connectivity index (χ1v) is 6.44. The van der Waals surface area contributed by atoms with E-state index in [4.69, 9.17) is 4.74 Å². The molecule has 1 N–H and O–H groups in total. The first kappa shape index (κ1) is 13.6. The second-order valence-electron chi connectivity index (χ2n) is 5.06. The van der Waals surface area contributed by atoms with E-state index < -0.39 is 0 Å². The molecule has 92 valence electrons. The van der Waals surface area contributed by atoms with Crippen molar-refractivity contribution in [1.29, 1.82) is 0 Å². The van der Waals surface area contributed by atoms with E-state index in [2.05, 4.69) is 38.0 Å². The molecule has 1 unspecified atom stereocenters. The Hall–Kier alpha value is -0.450. The van der Waals surface area contributed by atoms with E-state index in [1.54, 1.807) is 18.4 Å². The van der Waals surface area contributed by atoms with Crippen LogP contribution in [0.2, 0.25) is 0 Å². The number of hydrogen-bond acceptors (Lipinski definition) is 4. The normalized spacial score (nSPS) is 14.1. The maximum atomic E-state index is 5.17. The lowest BCUT2D eigenvalue weighted by atomic mass is 9.98. The molecule has 0 amide bonds. The minimum absolute atomic E-state index is 0.155. The molecule has 0 aromatic carbocycles. The van der Waals surface area contributed by atoms with Crippen molar-refractivity contribution in [3.05, 3.63) is 16.1 Å². The van der Waals surface area contributed by atoms with Crippen LogP contribution in [0.15, 0.2) is 6.20 Å². The van der Waals surface area contributed by atoms with Crippen LogP contribution in [-0.4, -0.2) is 24.7 Å². The molecule has 1 heterocycles. The van der Waals surface area contributed by atoms with Crippen molar-refractivity contribution < 1.29 is 4.74 Å². The molecule has 16 heavy (non-hydrogen) atoms. The van der Waals surface area contributed by atoms with Crippen molar-refractivity contribution in [2.45, 2.75) is 45.8 Å². The van der Waals surface area contributed by atoms with Crippen LogP contribution in [0.1, 0.15) is 37.6 Å². The zero-order valence-corrected chi connectivity index (χ0v) is 11.6. The van der Waals surface area contributed by atoms with Crippen molar-refractivity contribution in [1.82, 2.24) is 10.3 Å².